The summed E-state index contributed by atoms with van der Waals surface area (Å²) in [5.41, 5.74) is 5.51. The fraction of sp³-hybridized carbons (Fsp3) is 0.609. The number of furan rings is 1. The Balaban J connectivity index is 1.29. The molecule has 0 bridgehead atoms. The Morgan fingerprint density at radius 1 is 1.17 bits per heavy atom. The maximum Gasteiger partial charge on any atom is 0.259 e. The standard InChI is InChI=1S/C23H33N9O3/c1-3-23(34,4-2)15-29-10-12-30(13-11-29)19(33)16-7-5-9-31(16)21-26-20(24)32-22(27-21)25-18(28-32)17-8-6-14-35-17/h6,8,14,16,34H,3-5,7,9-13,15H2,1-2H3,(H2,24,25,26,27,28)/t16-/m0/s1. The van der Waals surface area contributed by atoms with Crippen molar-refractivity contribution in [1.82, 2.24) is 34.4 Å². The molecule has 0 saturated carbocycles. The van der Waals surface area contributed by atoms with Gasteiger partial charge in [0.05, 0.1) is 11.9 Å². The highest BCUT2D eigenvalue weighted by atomic mass is 16.3. The highest BCUT2D eigenvalue weighted by Gasteiger charge is 2.37. The average Bonchev–Trinajstić information content (AvgIpc) is 3.64. The van der Waals surface area contributed by atoms with E-state index >= 15 is 0 Å². The molecule has 0 spiro atoms. The molecule has 2 saturated heterocycles. The molecule has 2 fully saturated rings. The Morgan fingerprint density at radius 3 is 2.63 bits per heavy atom. The lowest BCUT2D eigenvalue weighted by molar-refractivity contribution is -0.134. The number of carbonyl (C=O) groups excluding carboxylic acids is 1. The average molecular weight is 484 g/mol. The van der Waals surface area contributed by atoms with E-state index in [-0.39, 0.29) is 17.9 Å². The second-order valence-electron chi connectivity index (χ2n) is 9.39. The van der Waals surface area contributed by atoms with Gasteiger partial charge in [0.15, 0.2) is 5.76 Å². The van der Waals surface area contributed by atoms with Crippen molar-refractivity contribution in [3.63, 3.8) is 0 Å². The summed E-state index contributed by atoms with van der Waals surface area (Å²) in [7, 11) is 0. The fourth-order valence-corrected chi connectivity index (χ4v) is 4.92. The van der Waals surface area contributed by atoms with E-state index in [1.54, 1.807) is 18.4 Å². The summed E-state index contributed by atoms with van der Waals surface area (Å²) in [6.07, 6.45) is 4.61. The number of hydrogen-bond donors (Lipinski definition) is 2. The van der Waals surface area contributed by atoms with Gasteiger partial charge >= 0.3 is 0 Å². The topological polar surface area (TPSA) is 142 Å². The monoisotopic (exact) mass is 483 g/mol. The van der Waals surface area contributed by atoms with Gasteiger partial charge in [0.2, 0.25) is 23.6 Å². The number of aliphatic hydroxyl groups is 1. The van der Waals surface area contributed by atoms with Crippen LogP contribution in [0.1, 0.15) is 39.5 Å². The Morgan fingerprint density at radius 2 is 1.94 bits per heavy atom. The number of carbonyl (C=O) groups is 1. The second kappa shape index (κ2) is 9.42. The first-order valence-electron chi connectivity index (χ1n) is 12.3. The fourth-order valence-electron chi connectivity index (χ4n) is 4.92. The predicted octanol–water partition coefficient (Wildman–Crippen LogP) is 1.03. The highest BCUT2D eigenvalue weighted by Crippen LogP contribution is 2.26. The van der Waals surface area contributed by atoms with Crippen LogP contribution in [0.3, 0.4) is 0 Å². The van der Waals surface area contributed by atoms with E-state index in [0.29, 0.717) is 49.5 Å². The number of nitrogen functional groups attached to an aromatic ring is 1. The summed E-state index contributed by atoms with van der Waals surface area (Å²) >= 11 is 0. The van der Waals surface area contributed by atoms with Crippen molar-refractivity contribution in [3.05, 3.63) is 18.4 Å². The lowest BCUT2D eigenvalue weighted by Crippen LogP contribution is -2.56. The van der Waals surface area contributed by atoms with Gasteiger partial charge in [0.1, 0.15) is 6.04 Å². The van der Waals surface area contributed by atoms with E-state index in [1.807, 2.05) is 23.6 Å². The summed E-state index contributed by atoms with van der Waals surface area (Å²) in [5, 5.41) is 15.0. The number of hydrogen-bond acceptors (Lipinski definition) is 10. The molecular weight excluding hydrogens is 450 g/mol. The van der Waals surface area contributed by atoms with E-state index in [1.165, 1.54) is 4.52 Å². The van der Waals surface area contributed by atoms with Gasteiger partial charge in [-0.2, -0.15) is 19.5 Å². The van der Waals surface area contributed by atoms with E-state index in [4.69, 9.17) is 10.2 Å². The molecule has 35 heavy (non-hydrogen) atoms. The molecule has 1 atom stereocenters. The Bertz CT molecular complexity index is 1170. The van der Waals surface area contributed by atoms with E-state index in [0.717, 1.165) is 38.8 Å². The maximum absolute atomic E-state index is 13.5. The quantitative estimate of drug-likeness (QED) is 0.500. The minimum absolute atomic E-state index is 0.0863. The third-order valence-corrected chi connectivity index (χ3v) is 7.28. The van der Waals surface area contributed by atoms with Crippen LogP contribution in [0.15, 0.2) is 22.8 Å². The SMILES string of the molecule is CCC(O)(CC)CN1CCN(C(=O)[C@@H]2CCCN2c2nc(N)n3nc(-c4ccco4)nc3n2)CC1. The summed E-state index contributed by atoms with van der Waals surface area (Å²) in [6.45, 7) is 8.14. The number of nitrogens with zero attached hydrogens (tertiary/aromatic N) is 8. The van der Waals surface area contributed by atoms with E-state index in [2.05, 4.69) is 25.0 Å². The van der Waals surface area contributed by atoms with E-state index < -0.39 is 5.60 Å². The zero-order valence-electron chi connectivity index (χ0n) is 20.3. The smallest absolute Gasteiger partial charge is 0.259 e. The van der Waals surface area contributed by atoms with Gasteiger partial charge in [-0.15, -0.1) is 5.10 Å². The Kier molecular flexibility index (Phi) is 6.32. The first kappa shape index (κ1) is 23.5. The van der Waals surface area contributed by atoms with Crippen molar-refractivity contribution in [2.45, 2.75) is 51.2 Å². The summed E-state index contributed by atoms with van der Waals surface area (Å²) in [4.78, 5) is 33.0. The molecule has 0 aromatic carbocycles. The minimum Gasteiger partial charge on any atom is -0.461 e. The van der Waals surface area contributed by atoms with Gasteiger partial charge in [-0.25, -0.2) is 0 Å². The predicted molar refractivity (Wildman–Crippen MR) is 130 cm³/mol. The Labute approximate surface area is 203 Å². The summed E-state index contributed by atoms with van der Waals surface area (Å²) in [6, 6.07) is 3.19. The van der Waals surface area contributed by atoms with Crippen LogP contribution >= 0.6 is 0 Å². The molecule has 1 amide bonds. The first-order valence-corrected chi connectivity index (χ1v) is 12.3. The number of rotatable bonds is 7. The normalized spacial score (nSPS) is 19.7. The second-order valence-corrected chi connectivity index (χ2v) is 9.39. The largest absolute Gasteiger partial charge is 0.461 e. The molecule has 5 rings (SSSR count). The zero-order chi connectivity index (χ0) is 24.6. The zero-order valence-corrected chi connectivity index (χ0v) is 20.3. The number of aromatic nitrogens is 5. The van der Waals surface area contributed by atoms with Gasteiger partial charge in [-0.3, -0.25) is 9.69 Å². The van der Waals surface area contributed by atoms with Gasteiger partial charge in [-0.1, -0.05) is 13.8 Å². The highest BCUT2D eigenvalue weighted by molar-refractivity contribution is 5.85. The van der Waals surface area contributed by atoms with Crippen LogP contribution in [0.5, 0.6) is 0 Å². The van der Waals surface area contributed by atoms with Crippen molar-refractivity contribution in [2.75, 3.05) is 49.9 Å². The molecule has 2 aliphatic rings. The van der Waals surface area contributed by atoms with Gasteiger partial charge < -0.3 is 25.1 Å². The molecule has 3 N–H and O–H groups in total. The summed E-state index contributed by atoms with van der Waals surface area (Å²) in [5.74, 6) is 1.83. The van der Waals surface area contributed by atoms with Crippen molar-refractivity contribution >= 4 is 23.6 Å². The third kappa shape index (κ3) is 4.55. The van der Waals surface area contributed by atoms with E-state index in [9.17, 15) is 9.90 Å². The molecule has 0 aliphatic carbocycles. The van der Waals surface area contributed by atoms with Gasteiger partial charge in [-0.05, 0) is 37.8 Å². The number of nitrogens with two attached hydrogens (primary N) is 1. The number of piperazine rings is 1. The molecule has 12 nitrogen and oxygen atoms in total. The first-order chi connectivity index (χ1) is 16.9. The number of fused-ring (bicyclic) bond motifs is 1. The molecule has 188 valence electrons. The van der Waals surface area contributed by atoms with Crippen LogP contribution in [-0.4, -0.2) is 96.3 Å². The van der Waals surface area contributed by atoms with Crippen molar-refractivity contribution in [2.24, 2.45) is 0 Å². The lowest BCUT2D eigenvalue weighted by Gasteiger charge is -2.40. The van der Waals surface area contributed by atoms with Crippen LogP contribution < -0.4 is 10.6 Å². The number of β-amino-alcohol motifs (C(OH)–C–C–N with tert-alkyl or cyclic N) is 1. The van der Waals surface area contributed by atoms with Crippen LogP contribution in [0, 0.1) is 0 Å². The van der Waals surface area contributed by atoms with Crippen molar-refractivity contribution in [3.8, 4) is 11.6 Å². The van der Waals surface area contributed by atoms with Gasteiger partial charge in [0.25, 0.3) is 5.78 Å². The minimum atomic E-state index is -0.664. The maximum atomic E-state index is 13.5. The number of anilines is 2. The molecular formula is C23H33N9O3. The molecule has 5 heterocycles. The number of amides is 1. The third-order valence-electron chi connectivity index (χ3n) is 7.28. The van der Waals surface area contributed by atoms with Crippen LogP contribution in [0.2, 0.25) is 0 Å². The lowest BCUT2D eigenvalue weighted by atomic mass is 9.96. The molecule has 3 aromatic rings. The molecule has 3 aromatic heterocycles. The van der Waals surface area contributed by atoms with Crippen molar-refractivity contribution in [1.29, 1.82) is 0 Å². The summed E-state index contributed by atoms with van der Waals surface area (Å²) < 4.78 is 6.75. The molecule has 2 aliphatic heterocycles. The van der Waals surface area contributed by atoms with Crippen LogP contribution in [0.4, 0.5) is 11.9 Å². The van der Waals surface area contributed by atoms with Crippen LogP contribution in [-0.2, 0) is 4.79 Å². The van der Waals surface area contributed by atoms with Crippen LogP contribution in [0.25, 0.3) is 17.4 Å². The molecule has 0 unspecified atom stereocenters. The molecule has 12 heteroatoms. The molecule has 0 radical (unpaired) electrons. The van der Waals surface area contributed by atoms with Gasteiger partial charge in [0, 0.05) is 39.3 Å². The van der Waals surface area contributed by atoms with Crippen molar-refractivity contribution < 1.29 is 14.3 Å². The Hall–Kier alpha value is -3.25.